The minimum atomic E-state index is -0.0187. The molecule has 0 amide bonds. The second kappa shape index (κ2) is 9.29. The Morgan fingerprint density at radius 1 is 0.389 bits per heavy atom. The largest absolute Gasteiger partial charge is 0.192 e. The first-order valence-electron chi connectivity index (χ1n) is 11.2. The molecule has 4 heteroatoms. The average Bonchev–Trinajstić information content (AvgIpc) is 2.95. The summed E-state index contributed by atoms with van der Waals surface area (Å²) < 4.78 is 0. The fraction of sp³-hybridized carbons (Fsp3) is 0. The quantitative estimate of drug-likeness (QED) is 0.317. The third-order valence-electron chi connectivity index (χ3n) is 6.30. The maximum Gasteiger partial charge on any atom is 0.138 e. The summed E-state index contributed by atoms with van der Waals surface area (Å²) in [5.74, 6) is 0. The Labute approximate surface area is 207 Å². The second-order valence-corrected chi connectivity index (χ2v) is 8.20. The van der Waals surface area contributed by atoms with E-state index in [-0.39, 0.29) is 11.1 Å². The molecular formula is C32H16N4. The number of rotatable bonds is 2. The molecule has 5 aromatic carbocycles. The lowest BCUT2D eigenvalue weighted by atomic mass is 9.91. The van der Waals surface area contributed by atoms with Crippen LogP contribution in [0, 0.1) is 45.3 Å². The van der Waals surface area contributed by atoms with E-state index in [2.05, 4.69) is 24.3 Å². The predicted molar refractivity (Wildman–Crippen MR) is 141 cm³/mol. The summed E-state index contributed by atoms with van der Waals surface area (Å²) in [6.07, 6.45) is 0. The Bertz CT molecular complexity index is 1920. The van der Waals surface area contributed by atoms with E-state index < -0.39 is 0 Å². The third kappa shape index (κ3) is 3.63. The Kier molecular flexibility index (Phi) is 5.71. The molecule has 0 heterocycles. The molecule has 0 spiro atoms. The van der Waals surface area contributed by atoms with E-state index in [1.165, 1.54) is 0 Å². The van der Waals surface area contributed by atoms with Gasteiger partial charge in [0.15, 0.2) is 0 Å². The Hall–Kier alpha value is -5.68. The summed E-state index contributed by atoms with van der Waals surface area (Å²) in [7, 11) is 0. The molecule has 5 rings (SSSR count). The van der Waals surface area contributed by atoms with Gasteiger partial charge in [-0.1, -0.05) is 91.0 Å². The number of nitrogens with zero attached hydrogens (tertiary/aromatic N) is 4. The molecule has 0 atom stereocenters. The molecule has 4 nitrogen and oxygen atoms in total. The van der Waals surface area contributed by atoms with Crippen molar-refractivity contribution in [1.29, 1.82) is 21.0 Å². The van der Waals surface area contributed by atoms with Gasteiger partial charge in [0.25, 0.3) is 0 Å². The Balaban J connectivity index is 1.89. The molecule has 0 radical (unpaired) electrons. The first-order valence-corrected chi connectivity index (χ1v) is 11.2. The highest BCUT2D eigenvalue weighted by Crippen LogP contribution is 2.27. The Morgan fingerprint density at radius 2 is 0.778 bits per heavy atom. The van der Waals surface area contributed by atoms with E-state index in [1.54, 1.807) is 0 Å². The lowest BCUT2D eigenvalue weighted by Crippen LogP contribution is -2.18. The number of benzene rings is 5. The maximum atomic E-state index is 9.77. The number of hydrogen-bond acceptors (Lipinski definition) is 4. The fourth-order valence-corrected chi connectivity index (χ4v) is 4.66. The van der Waals surface area contributed by atoms with Gasteiger partial charge in [-0.2, -0.15) is 21.0 Å². The van der Waals surface area contributed by atoms with Crippen molar-refractivity contribution in [2.45, 2.75) is 0 Å². The summed E-state index contributed by atoms with van der Waals surface area (Å²) in [5.41, 5.74) is 4.06. The molecule has 0 saturated carbocycles. The van der Waals surface area contributed by atoms with Crippen molar-refractivity contribution in [3.8, 4) is 46.5 Å². The molecule has 0 fully saturated rings. The van der Waals surface area contributed by atoms with Crippen LogP contribution in [0.4, 0.5) is 0 Å². The van der Waals surface area contributed by atoms with Crippen LogP contribution in [0.3, 0.4) is 0 Å². The van der Waals surface area contributed by atoms with Crippen molar-refractivity contribution in [3.05, 3.63) is 107 Å². The van der Waals surface area contributed by atoms with Crippen molar-refractivity contribution in [1.82, 2.24) is 0 Å². The topological polar surface area (TPSA) is 95.2 Å². The summed E-state index contributed by atoms with van der Waals surface area (Å²) in [4.78, 5) is 0. The van der Waals surface area contributed by atoms with Crippen LogP contribution in [0.5, 0.6) is 0 Å². The highest BCUT2D eigenvalue weighted by atomic mass is 14.3. The number of fused-ring (bicyclic) bond motifs is 2. The van der Waals surface area contributed by atoms with Crippen LogP contribution in [0.2, 0.25) is 0 Å². The third-order valence-corrected chi connectivity index (χ3v) is 6.30. The number of hydrogen-bond donors (Lipinski definition) is 0. The molecule has 0 aromatic heterocycles. The molecule has 164 valence electrons. The molecule has 0 saturated heterocycles. The van der Waals surface area contributed by atoms with Crippen molar-refractivity contribution >= 4 is 32.7 Å². The average molecular weight is 457 g/mol. The SMILES string of the molecule is N#CC(C#N)=c1c2ccccc2c(=C(C#N)C#N)c2cc(-c3ccc(-c4ccccc4)cc3)ccc12. The zero-order valence-corrected chi connectivity index (χ0v) is 19.0. The summed E-state index contributed by atoms with van der Waals surface area (Å²) in [5, 5.41) is 42.6. The molecule has 5 aromatic rings. The fourth-order valence-electron chi connectivity index (χ4n) is 4.66. The first-order chi connectivity index (χ1) is 17.7. The molecule has 0 aliphatic heterocycles. The van der Waals surface area contributed by atoms with Gasteiger partial charge in [-0.3, -0.25) is 0 Å². The van der Waals surface area contributed by atoms with Gasteiger partial charge in [0.05, 0.1) is 0 Å². The smallest absolute Gasteiger partial charge is 0.138 e. The van der Waals surface area contributed by atoms with E-state index in [1.807, 2.05) is 97.1 Å². The molecule has 0 N–H and O–H groups in total. The molecule has 0 aliphatic carbocycles. The van der Waals surface area contributed by atoms with Crippen LogP contribution >= 0.6 is 0 Å². The van der Waals surface area contributed by atoms with Gasteiger partial charge >= 0.3 is 0 Å². The van der Waals surface area contributed by atoms with Gasteiger partial charge in [0, 0.05) is 10.4 Å². The Morgan fingerprint density at radius 3 is 1.31 bits per heavy atom. The zero-order valence-electron chi connectivity index (χ0n) is 19.0. The van der Waals surface area contributed by atoms with Gasteiger partial charge in [0.1, 0.15) is 35.4 Å². The van der Waals surface area contributed by atoms with Crippen LogP contribution in [0.1, 0.15) is 0 Å². The summed E-state index contributed by atoms with van der Waals surface area (Å²) in [6, 6.07) is 39.4. The van der Waals surface area contributed by atoms with Gasteiger partial charge in [-0.05, 0) is 49.9 Å². The first kappa shape index (κ1) is 22.1. The van der Waals surface area contributed by atoms with E-state index in [9.17, 15) is 21.0 Å². The molecule has 0 bridgehead atoms. The standard InChI is InChI=1S/C32H16N4/c33-17-25(18-34)31-27-8-4-5-9-28(27)32(26(19-35)20-36)30-16-24(14-15-29(30)31)23-12-10-22(11-13-23)21-6-2-1-3-7-21/h1-16H. The summed E-state index contributed by atoms with van der Waals surface area (Å²) >= 11 is 0. The van der Waals surface area contributed by atoms with Crippen molar-refractivity contribution in [3.63, 3.8) is 0 Å². The van der Waals surface area contributed by atoms with E-state index in [4.69, 9.17) is 0 Å². The summed E-state index contributed by atoms with van der Waals surface area (Å²) in [6.45, 7) is 0. The lowest BCUT2D eigenvalue weighted by molar-refractivity contribution is 1.50. The van der Waals surface area contributed by atoms with Crippen LogP contribution < -0.4 is 10.4 Å². The minimum absolute atomic E-state index is 0.0156. The molecular weight excluding hydrogens is 440 g/mol. The second-order valence-electron chi connectivity index (χ2n) is 8.20. The van der Waals surface area contributed by atoms with Crippen molar-refractivity contribution in [2.75, 3.05) is 0 Å². The van der Waals surface area contributed by atoms with E-state index in [0.29, 0.717) is 32.0 Å². The minimum Gasteiger partial charge on any atom is -0.192 e. The van der Waals surface area contributed by atoms with Crippen LogP contribution in [0.15, 0.2) is 97.1 Å². The normalized spacial score (nSPS) is 10.1. The van der Waals surface area contributed by atoms with Gasteiger partial charge in [-0.25, -0.2) is 0 Å². The maximum absolute atomic E-state index is 9.77. The molecule has 0 aliphatic rings. The van der Waals surface area contributed by atoms with Gasteiger partial charge < -0.3 is 0 Å². The zero-order chi connectivity index (χ0) is 25.1. The van der Waals surface area contributed by atoms with Crippen LogP contribution in [0.25, 0.3) is 54.9 Å². The van der Waals surface area contributed by atoms with E-state index >= 15 is 0 Å². The van der Waals surface area contributed by atoms with Gasteiger partial charge in [0.2, 0.25) is 0 Å². The monoisotopic (exact) mass is 456 g/mol. The van der Waals surface area contributed by atoms with Crippen molar-refractivity contribution < 1.29 is 0 Å². The van der Waals surface area contributed by atoms with Crippen molar-refractivity contribution in [2.24, 2.45) is 0 Å². The highest BCUT2D eigenvalue weighted by Gasteiger charge is 2.13. The van der Waals surface area contributed by atoms with Crippen LogP contribution in [-0.2, 0) is 0 Å². The van der Waals surface area contributed by atoms with E-state index in [0.717, 1.165) is 22.3 Å². The van der Waals surface area contributed by atoms with Gasteiger partial charge in [-0.15, -0.1) is 0 Å². The van der Waals surface area contributed by atoms with Crippen LogP contribution in [-0.4, -0.2) is 0 Å². The molecule has 0 unspecified atom stereocenters. The molecule has 36 heavy (non-hydrogen) atoms. The highest BCUT2D eigenvalue weighted by molar-refractivity contribution is 6.06. The number of nitriles is 4. The lowest BCUT2D eigenvalue weighted by Gasteiger charge is -2.11. The predicted octanol–water partition coefficient (Wildman–Crippen LogP) is 5.72.